The summed E-state index contributed by atoms with van der Waals surface area (Å²) in [6.07, 6.45) is 9.87. The first kappa shape index (κ1) is 12.9. The normalized spacial score (nSPS) is 14.5. The van der Waals surface area contributed by atoms with Gasteiger partial charge in [0.25, 0.3) is 0 Å². The molecule has 0 heterocycles. The molecule has 3 rings (SSSR count). The van der Waals surface area contributed by atoms with Crippen molar-refractivity contribution in [1.29, 1.82) is 0 Å². The second kappa shape index (κ2) is 6.38. The Hall–Kier alpha value is -2.08. The Labute approximate surface area is 121 Å². The third-order valence-electron chi connectivity index (χ3n) is 3.83. The summed E-state index contributed by atoms with van der Waals surface area (Å²) in [5, 5.41) is 0. The van der Waals surface area contributed by atoms with Gasteiger partial charge < -0.3 is 0 Å². The number of rotatable bonds is 3. The van der Waals surface area contributed by atoms with Gasteiger partial charge in [0, 0.05) is 0 Å². The lowest BCUT2D eigenvalue weighted by Gasteiger charge is -2.13. The Balaban J connectivity index is 2.04. The van der Waals surface area contributed by atoms with Gasteiger partial charge in [-0.3, -0.25) is 0 Å². The zero-order valence-electron chi connectivity index (χ0n) is 11.8. The summed E-state index contributed by atoms with van der Waals surface area (Å²) in [6.45, 7) is 0. The number of hydrogen-bond acceptors (Lipinski definition) is 0. The van der Waals surface area contributed by atoms with E-state index in [9.17, 15) is 0 Å². The molecule has 0 amide bonds. The monoisotopic (exact) mass is 260 g/mol. The van der Waals surface area contributed by atoms with Crippen LogP contribution in [0.5, 0.6) is 0 Å². The molecule has 2 aromatic carbocycles. The van der Waals surface area contributed by atoms with Crippen molar-refractivity contribution < 1.29 is 0 Å². The maximum atomic E-state index is 2.40. The van der Waals surface area contributed by atoms with E-state index < -0.39 is 0 Å². The molecule has 0 nitrogen and oxygen atoms in total. The van der Waals surface area contributed by atoms with Crippen molar-refractivity contribution in [1.82, 2.24) is 0 Å². The maximum absolute atomic E-state index is 2.40. The highest BCUT2D eigenvalue weighted by Crippen LogP contribution is 2.28. The first-order valence-corrected chi connectivity index (χ1v) is 7.45. The van der Waals surface area contributed by atoms with Crippen molar-refractivity contribution in [2.75, 3.05) is 0 Å². The zero-order valence-corrected chi connectivity index (χ0v) is 11.8. The molecule has 0 atom stereocenters. The minimum atomic E-state index is 1.21. The lowest BCUT2D eigenvalue weighted by molar-refractivity contribution is 0.712. The highest BCUT2D eigenvalue weighted by Gasteiger charge is 2.07. The van der Waals surface area contributed by atoms with Gasteiger partial charge in [-0.15, -0.1) is 0 Å². The summed E-state index contributed by atoms with van der Waals surface area (Å²) in [5.74, 6) is 0. The van der Waals surface area contributed by atoms with Gasteiger partial charge in [-0.1, -0.05) is 78.4 Å². The molecular formula is C20H20. The van der Waals surface area contributed by atoms with Gasteiger partial charge in [0.15, 0.2) is 0 Å². The van der Waals surface area contributed by atoms with Crippen LogP contribution in [-0.4, -0.2) is 0 Å². The minimum absolute atomic E-state index is 1.21. The van der Waals surface area contributed by atoms with Crippen molar-refractivity contribution in [3.63, 3.8) is 0 Å². The molecule has 1 aliphatic rings. The van der Waals surface area contributed by atoms with Crippen LogP contribution in [-0.2, 0) is 0 Å². The highest BCUT2D eigenvalue weighted by molar-refractivity contribution is 5.81. The number of allylic oxidation sites excluding steroid dienone is 3. The highest BCUT2D eigenvalue weighted by atomic mass is 14.1. The van der Waals surface area contributed by atoms with Crippen LogP contribution in [0.3, 0.4) is 0 Å². The number of hydrogen-bond donors (Lipinski definition) is 0. The fourth-order valence-electron chi connectivity index (χ4n) is 2.75. The van der Waals surface area contributed by atoms with E-state index in [1.54, 1.807) is 0 Å². The van der Waals surface area contributed by atoms with E-state index >= 15 is 0 Å². The predicted molar refractivity (Wildman–Crippen MR) is 86.5 cm³/mol. The van der Waals surface area contributed by atoms with E-state index in [0.717, 1.165) is 0 Å². The van der Waals surface area contributed by atoms with Crippen LogP contribution in [0.25, 0.3) is 5.57 Å². The topological polar surface area (TPSA) is 0 Å². The molecule has 0 radical (unpaired) electrons. The van der Waals surface area contributed by atoms with Crippen molar-refractivity contribution in [2.24, 2.45) is 0 Å². The second-order valence-electron chi connectivity index (χ2n) is 5.31. The molecule has 0 heteroatoms. The first-order chi connectivity index (χ1) is 9.93. The van der Waals surface area contributed by atoms with Crippen LogP contribution in [0.1, 0.15) is 36.8 Å². The summed E-state index contributed by atoms with van der Waals surface area (Å²) < 4.78 is 0. The van der Waals surface area contributed by atoms with Crippen molar-refractivity contribution in [3.8, 4) is 0 Å². The Morgan fingerprint density at radius 2 is 1.35 bits per heavy atom. The van der Waals surface area contributed by atoms with Gasteiger partial charge in [0.05, 0.1) is 0 Å². The van der Waals surface area contributed by atoms with Gasteiger partial charge in [-0.05, 0) is 42.4 Å². The lowest BCUT2D eigenvalue weighted by Crippen LogP contribution is -1.93. The third kappa shape index (κ3) is 3.08. The molecule has 0 aliphatic heterocycles. The lowest BCUT2D eigenvalue weighted by atomic mass is 9.92. The zero-order chi connectivity index (χ0) is 13.6. The molecule has 0 bridgehead atoms. The summed E-state index contributed by atoms with van der Waals surface area (Å²) in [6, 6.07) is 21.4. The molecule has 2 aromatic rings. The summed E-state index contributed by atoms with van der Waals surface area (Å²) >= 11 is 0. The van der Waals surface area contributed by atoms with Crippen molar-refractivity contribution in [3.05, 3.63) is 89.5 Å². The van der Waals surface area contributed by atoms with Gasteiger partial charge in [0.2, 0.25) is 0 Å². The first-order valence-electron chi connectivity index (χ1n) is 7.45. The Bertz CT molecular complexity index is 562. The molecule has 0 saturated heterocycles. The van der Waals surface area contributed by atoms with Crippen LogP contribution in [0.2, 0.25) is 0 Å². The molecule has 0 saturated carbocycles. The Morgan fingerprint density at radius 1 is 0.750 bits per heavy atom. The van der Waals surface area contributed by atoms with Crippen LogP contribution in [0.4, 0.5) is 0 Å². The number of benzene rings is 2. The second-order valence-corrected chi connectivity index (χ2v) is 5.31. The average Bonchev–Trinajstić information content (AvgIpc) is 2.55. The molecule has 20 heavy (non-hydrogen) atoms. The van der Waals surface area contributed by atoms with Gasteiger partial charge in [-0.2, -0.15) is 0 Å². The van der Waals surface area contributed by atoms with E-state index in [1.807, 2.05) is 0 Å². The third-order valence-corrected chi connectivity index (χ3v) is 3.83. The summed E-state index contributed by atoms with van der Waals surface area (Å²) in [4.78, 5) is 0. The molecule has 0 N–H and O–H groups in total. The molecule has 0 fully saturated rings. The molecule has 1 aliphatic carbocycles. The smallest absolute Gasteiger partial charge is 0.0109 e. The van der Waals surface area contributed by atoms with Gasteiger partial charge in [-0.25, -0.2) is 0 Å². The molecule has 0 spiro atoms. The molecular weight excluding hydrogens is 240 g/mol. The average molecular weight is 260 g/mol. The fourth-order valence-corrected chi connectivity index (χ4v) is 2.75. The Morgan fingerprint density at radius 3 is 1.85 bits per heavy atom. The van der Waals surface area contributed by atoms with E-state index in [-0.39, 0.29) is 0 Å². The summed E-state index contributed by atoms with van der Waals surface area (Å²) in [7, 11) is 0. The van der Waals surface area contributed by atoms with Crippen LogP contribution in [0, 0.1) is 0 Å². The molecule has 100 valence electrons. The molecule has 0 aromatic heterocycles. The largest absolute Gasteiger partial charge is 0.0813 e. The maximum Gasteiger partial charge on any atom is -0.0109 e. The van der Waals surface area contributed by atoms with Crippen LogP contribution < -0.4 is 0 Å². The SMILES string of the molecule is C1=C(C=C(c2ccccc2)c2ccccc2)CCCC1. The van der Waals surface area contributed by atoms with Crippen molar-refractivity contribution in [2.45, 2.75) is 25.7 Å². The minimum Gasteiger partial charge on any atom is -0.0813 e. The quantitative estimate of drug-likeness (QED) is 0.672. The van der Waals surface area contributed by atoms with Crippen LogP contribution in [0.15, 0.2) is 78.4 Å². The Kier molecular flexibility index (Phi) is 4.13. The van der Waals surface area contributed by atoms with E-state index in [4.69, 9.17) is 0 Å². The fraction of sp³-hybridized carbons (Fsp3) is 0.200. The van der Waals surface area contributed by atoms with Crippen LogP contribution >= 0.6 is 0 Å². The van der Waals surface area contributed by atoms with Crippen molar-refractivity contribution >= 4 is 5.57 Å². The van der Waals surface area contributed by atoms with E-state index in [1.165, 1.54) is 48.0 Å². The predicted octanol–water partition coefficient (Wildman–Crippen LogP) is 5.62. The van der Waals surface area contributed by atoms with Gasteiger partial charge in [0.1, 0.15) is 0 Å². The standard InChI is InChI=1S/C20H20/c1-4-10-17(11-5-1)16-20(18-12-6-2-7-13-18)19-14-8-3-9-15-19/h2-3,6-10,12-16H,1,4-5,11H2. The van der Waals surface area contributed by atoms with Gasteiger partial charge >= 0.3 is 0 Å². The van der Waals surface area contributed by atoms with E-state index in [0.29, 0.717) is 0 Å². The van der Waals surface area contributed by atoms with E-state index in [2.05, 4.69) is 72.8 Å². The molecule has 0 unspecified atom stereocenters. The summed E-state index contributed by atoms with van der Waals surface area (Å²) in [5.41, 5.74) is 5.41.